The Labute approximate surface area is 115 Å². The molecule has 0 amide bonds. The van der Waals surface area contributed by atoms with Crippen molar-refractivity contribution in [1.29, 1.82) is 0 Å². The van der Waals surface area contributed by atoms with Crippen molar-refractivity contribution in [2.75, 3.05) is 5.73 Å². The summed E-state index contributed by atoms with van der Waals surface area (Å²) in [6.45, 7) is 0. The molecule has 0 fully saturated rings. The molecule has 0 radical (unpaired) electrons. The Morgan fingerprint density at radius 2 is 1.95 bits per heavy atom. The Morgan fingerprint density at radius 1 is 1.11 bits per heavy atom. The number of anilines is 1. The molecule has 0 spiro atoms. The van der Waals surface area contributed by atoms with E-state index in [0.29, 0.717) is 10.7 Å². The summed E-state index contributed by atoms with van der Waals surface area (Å²) in [4.78, 5) is 7.69. The highest BCUT2D eigenvalue weighted by Crippen LogP contribution is 2.21. The number of aromatic nitrogens is 2. The van der Waals surface area contributed by atoms with Gasteiger partial charge in [0, 0.05) is 10.7 Å². The predicted octanol–water partition coefficient (Wildman–Crippen LogP) is 3.97. The molecule has 19 heavy (non-hydrogen) atoms. The molecular weight excluding hydrogens is 258 g/mol. The van der Waals surface area contributed by atoms with E-state index in [2.05, 4.69) is 9.97 Å². The normalized spacial score (nSPS) is 11.4. The third kappa shape index (κ3) is 2.46. The number of benzene rings is 2. The first-order valence-corrected chi connectivity index (χ1v) is 6.28. The number of para-hydroxylation sites is 2. The molecule has 0 aliphatic heterocycles. The Morgan fingerprint density at radius 3 is 2.79 bits per heavy atom. The van der Waals surface area contributed by atoms with Crippen LogP contribution in [0.15, 0.2) is 42.5 Å². The summed E-state index contributed by atoms with van der Waals surface area (Å²) in [5.41, 5.74) is 9.27. The maximum absolute atomic E-state index is 6.10. The van der Waals surface area contributed by atoms with Gasteiger partial charge in [-0.25, -0.2) is 4.98 Å². The van der Waals surface area contributed by atoms with Crippen LogP contribution in [0.4, 0.5) is 5.69 Å². The average molecular weight is 270 g/mol. The monoisotopic (exact) mass is 269 g/mol. The second kappa shape index (κ2) is 4.78. The van der Waals surface area contributed by atoms with Crippen molar-refractivity contribution in [2.24, 2.45) is 0 Å². The van der Waals surface area contributed by atoms with E-state index < -0.39 is 0 Å². The number of H-pyrrole nitrogens is 1. The number of aromatic amines is 1. The lowest BCUT2D eigenvalue weighted by Crippen LogP contribution is -1.85. The zero-order valence-corrected chi connectivity index (χ0v) is 10.9. The fourth-order valence-electron chi connectivity index (χ4n) is 1.91. The molecule has 1 aromatic heterocycles. The van der Waals surface area contributed by atoms with Crippen LogP contribution >= 0.6 is 11.6 Å². The summed E-state index contributed by atoms with van der Waals surface area (Å²) in [5.74, 6) is 0.791. The SMILES string of the molecule is Nc1ccc(Cl)c(C=Cc2nc3ccccc3[nH]2)c1. The van der Waals surface area contributed by atoms with E-state index in [4.69, 9.17) is 17.3 Å². The van der Waals surface area contributed by atoms with Crippen molar-refractivity contribution in [2.45, 2.75) is 0 Å². The van der Waals surface area contributed by atoms with Gasteiger partial charge in [-0.15, -0.1) is 0 Å². The lowest BCUT2D eigenvalue weighted by atomic mass is 10.2. The van der Waals surface area contributed by atoms with Gasteiger partial charge >= 0.3 is 0 Å². The quantitative estimate of drug-likeness (QED) is 0.692. The maximum atomic E-state index is 6.10. The highest BCUT2D eigenvalue weighted by atomic mass is 35.5. The van der Waals surface area contributed by atoms with Crippen molar-refractivity contribution in [3.8, 4) is 0 Å². The largest absolute Gasteiger partial charge is 0.399 e. The van der Waals surface area contributed by atoms with Gasteiger partial charge in [0.25, 0.3) is 0 Å². The Kier molecular flexibility index (Phi) is 2.97. The van der Waals surface area contributed by atoms with Crippen molar-refractivity contribution in [3.05, 3.63) is 58.9 Å². The Balaban J connectivity index is 1.95. The highest BCUT2D eigenvalue weighted by molar-refractivity contribution is 6.32. The number of imidazole rings is 1. The van der Waals surface area contributed by atoms with E-state index in [1.807, 2.05) is 42.5 Å². The van der Waals surface area contributed by atoms with E-state index >= 15 is 0 Å². The molecule has 0 unspecified atom stereocenters. The van der Waals surface area contributed by atoms with E-state index in [0.717, 1.165) is 22.4 Å². The average Bonchev–Trinajstić information content (AvgIpc) is 2.82. The lowest BCUT2D eigenvalue weighted by molar-refractivity contribution is 1.29. The fraction of sp³-hybridized carbons (Fsp3) is 0. The number of nitrogens with two attached hydrogens (primary N) is 1. The summed E-state index contributed by atoms with van der Waals surface area (Å²) >= 11 is 6.10. The van der Waals surface area contributed by atoms with E-state index in [1.165, 1.54) is 0 Å². The second-order valence-corrected chi connectivity index (χ2v) is 4.66. The molecule has 1 heterocycles. The molecule has 3 nitrogen and oxygen atoms in total. The minimum atomic E-state index is 0.668. The maximum Gasteiger partial charge on any atom is 0.131 e. The van der Waals surface area contributed by atoms with Gasteiger partial charge in [-0.05, 0) is 48.0 Å². The zero-order valence-electron chi connectivity index (χ0n) is 10.1. The molecule has 3 aromatic rings. The zero-order chi connectivity index (χ0) is 13.2. The van der Waals surface area contributed by atoms with Crippen LogP contribution in [0.25, 0.3) is 23.2 Å². The standard InChI is InChI=1S/C15H12ClN3/c16-12-7-6-11(17)9-10(12)5-8-15-18-13-3-1-2-4-14(13)19-15/h1-9H,17H2,(H,18,19). The number of nitrogens with zero attached hydrogens (tertiary/aromatic N) is 1. The van der Waals surface area contributed by atoms with Crippen molar-refractivity contribution in [3.63, 3.8) is 0 Å². The summed E-state index contributed by atoms with van der Waals surface area (Å²) in [7, 11) is 0. The fourth-order valence-corrected chi connectivity index (χ4v) is 2.09. The molecule has 3 rings (SSSR count). The van der Waals surface area contributed by atoms with E-state index in [1.54, 1.807) is 12.1 Å². The summed E-state index contributed by atoms with van der Waals surface area (Å²) in [6, 6.07) is 13.3. The first kappa shape index (κ1) is 11.8. The second-order valence-electron chi connectivity index (χ2n) is 4.25. The molecule has 0 aliphatic carbocycles. The first-order chi connectivity index (χ1) is 9.22. The van der Waals surface area contributed by atoms with Crippen LogP contribution in [-0.4, -0.2) is 9.97 Å². The van der Waals surface area contributed by atoms with Crippen LogP contribution in [-0.2, 0) is 0 Å². The number of hydrogen-bond donors (Lipinski definition) is 2. The number of nitrogens with one attached hydrogen (secondary N) is 1. The van der Waals surface area contributed by atoms with Crippen LogP contribution in [0.2, 0.25) is 5.02 Å². The summed E-state index contributed by atoms with van der Waals surface area (Å²) in [5, 5.41) is 0.668. The van der Waals surface area contributed by atoms with Crippen molar-refractivity contribution < 1.29 is 0 Å². The van der Waals surface area contributed by atoms with Crippen LogP contribution < -0.4 is 5.73 Å². The van der Waals surface area contributed by atoms with Crippen molar-refractivity contribution in [1.82, 2.24) is 9.97 Å². The van der Waals surface area contributed by atoms with Gasteiger partial charge in [0.1, 0.15) is 5.82 Å². The predicted molar refractivity (Wildman–Crippen MR) is 80.9 cm³/mol. The first-order valence-electron chi connectivity index (χ1n) is 5.90. The summed E-state index contributed by atoms with van der Waals surface area (Å²) < 4.78 is 0. The van der Waals surface area contributed by atoms with Gasteiger partial charge in [-0.2, -0.15) is 0 Å². The van der Waals surface area contributed by atoms with Crippen LogP contribution in [0.3, 0.4) is 0 Å². The number of rotatable bonds is 2. The Bertz CT molecular complexity index is 726. The highest BCUT2D eigenvalue weighted by Gasteiger charge is 2.00. The molecule has 94 valence electrons. The third-order valence-electron chi connectivity index (χ3n) is 2.85. The topological polar surface area (TPSA) is 54.7 Å². The minimum absolute atomic E-state index is 0.668. The minimum Gasteiger partial charge on any atom is -0.399 e. The van der Waals surface area contributed by atoms with E-state index in [-0.39, 0.29) is 0 Å². The van der Waals surface area contributed by atoms with Crippen molar-refractivity contribution >= 4 is 40.5 Å². The van der Waals surface area contributed by atoms with Gasteiger partial charge in [-0.1, -0.05) is 23.7 Å². The van der Waals surface area contributed by atoms with Crippen LogP contribution in [0.5, 0.6) is 0 Å². The van der Waals surface area contributed by atoms with Crippen LogP contribution in [0, 0.1) is 0 Å². The van der Waals surface area contributed by atoms with Gasteiger partial charge in [0.05, 0.1) is 11.0 Å². The molecule has 0 bridgehead atoms. The Hall–Kier alpha value is -2.26. The molecule has 0 aliphatic rings. The number of nitrogen functional groups attached to an aromatic ring is 1. The lowest BCUT2D eigenvalue weighted by Gasteiger charge is -1.99. The molecule has 0 atom stereocenters. The number of halogens is 1. The van der Waals surface area contributed by atoms with Gasteiger partial charge < -0.3 is 10.7 Å². The van der Waals surface area contributed by atoms with Gasteiger partial charge in [0.15, 0.2) is 0 Å². The molecule has 0 saturated carbocycles. The van der Waals surface area contributed by atoms with Gasteiger partial charge in [-0.3, -0.25) is 0 Å². The smallest absolute Gasteiger partial charge is 0.131 e. The molecule has 3 N–H and O–H groups in total. The summed E-state index contributed by atoms with van der Waals surface area (Å²) in [6.07, 6.45) is 3.79. The number of fused-ring (bicyclic) bond motifs is 1. The third-order valence-corrected chi connectivity index (χ3v) is 3.19. The van der Waals surface area contributed by atoms with Crippen LogP contribution in [0.1, 0.15) is 11.4 Å². The van der Waals surface area contributed by atoms with E-state index in [9.17, 15) is 0 Å². The van der Waals surface area contributed by atoms with Gasteiger partial charge in [0.2, 0.25) is 0 Å². The molecule has 2 aromatic carbocycles. The molecule has 0 saturated heterocycles. The number of hydrogen-bond acceptors (Lipinski definition) is 2. The molecule has 4 heteroatoms. The molecular formula is C15H12ClN3.